The van der Waals surface area contributed by atoms with Crippen LogP contribution < -0.4 is 5.32 Å². The van der Waals surface area contributed by atoms with Gasteiger partial charge in [0.1, 0.15) is 25.3 Å². The van der Waals surface area contributed by atoms with Crippen LogP contribution in [0.25, 0.3) is 0 Å². The highest BCUT2D eigenvalue weighted by Crippen LogP contribution is 2.28. The summed E-state index contributed by atoms with van der Waals surface area (Å²) in [6, 6.07) is 26.2. The molecule has 2 aliphatic heterocycles. The fourth-order valence-corrected chi connectivity index (χ4v) is 4.42. The van der Waals surface area contributed by atoms with Crippen molar-refractivity contribution in [1.29, 1.82) is 0 Å². The van der Waals surface area contributed by atoms with Gasteiger partial charge in [-0.15, -0.1) is 0 Å². The van der Waals surface area contributed by atoms with Crippen LogP contribution in [0.2, 0.25) is 0 Å². The Labute approximate surface area is 204 Å². The van der Waals surface area contributed by atoms with Crippen LogP contribution >= 0.6 is 0 Å². The predicted octanol–water partition coefficient (Wildman–Crippen LogP) is 4.94. The summed E-state index contributed by atoms with van der Waals surface area (Å²) in [7, 11) is 0. The number of aliphatic imine (C=N–C) groups is 1. The minimum atomic E-state index is -0.588. The zero-order chi connectivity index (χ0) is 24.0. The minimum Gasteiger partial charge on any atom is -0.475 e. The normalized spacial score (nSPS) is 19.1. The van der Waals surface area contributed by atoms with Gasteiger partial charge in [-0.25, -0.2) is 9.79 Å². The molecule has 0 spiro atoms. The van der Waals surface area contributed by atoms with Gasteiger partial charge in [-0.3, -0.25) is 9.69 Å². The Kier molecular flexibility index (Phi) is 6.75. The lowest BCUT2D eigenvalue weighted by Crippen LogP contribution is -2.43. The first-order valence-electron chi connectivity index (χ1n) is 11.8. The molecule has 2 amide bonds. The molecule has 0 aliphatic carbocycles. The average molecular weight is 470 g/mol. The van der Waals surface area contributed by atoms with Gasteiger partial charge in [-0.05, 0) is 36.1 Å². The molecule has 7 heteroatoms. The Morgan fingerprint density at radius 2 is 1.69 bits per heavy atom. The molecular formula is C28H27N3O4. The monoisotopic (exact) mass is 469 g/mol. The maximum atomic E-state index is 13.2. The van der Waals surface area contributed by atoms with E-state index in [4.69, 9.17) is 14.5 Å². The third kappa shape index (κ3) is 5.19. The van der Waals surface area contributed by atoms with Crippen molar-refractivity contribution >= 4 is 23.6 Å². The maximum Gasteiger partial charge on any atom is 0.410 e. The molecule has 1 saturated heterocycles. The van der Waals surface area contributed by atoms with Crippen LogP contribution in [0.15, 0.2) is 89.9 Å². The summed E-state index contributed by atoms with van der Waals surface area (Å²) in [5, 5.41) is 2.99. The van der Waals surface area contributed by atoms with Crippen molar-refractivity contribution in [2.24, 2.45) is 4.99 Å². The van der Waals surface area contributed by atoms with E-state index < -0.39 is 12.1 Å². The summed E-state index contributed by atoms with van der Waals surface area (Å²) in [6.07, 6.45) is 0.852. The summed E-state index contributed by atoms with van der Waals surface area (Å²) < 4.78 is 11.4. The van der Waals surface area contributed by atoms with E-state index in [0.717, 1.165) is 23.1 Å². The number of amides is 2. The van der Waals surface area contributed by atoms with Crippen LogP contribution in [0.5, 0.6) is 0 Å². The fraction of sp³-hybridized carbons (Fsp3) is 0.250. The summed E-state index contributed by atoms with van der Waals surface area (Å²) in [4.78, 5) is 32.2. The summed E-state index contributed by atoms with van der Waals surface area (Å²) >= 11 is 0. The second kappa shape index (κ2) is 10.4. The second-order valence-corrected chi connectivity index (χ2v) is 8.60. The number of nitrogens with one attached hydrogen (secondary N) is 1. The first kappa shape index (κ1) is 22.7. The van der Waals surface area contributed by atoms with Crippen molar-refractivity contribution in [2.75, 3.05) is 18.5 Å². The Balaban J connectivity index is 1.26. The van der Waals surface area contributed by atoms with Crippen LogP contribution in [-0.4, -0.2) is 42.0 Å². The molecule has 1 fully saturated rings. The third-order valence-corrected chi connectivity index (χ3v) is 6.25. The Bertz CT molecular complexity index is 1210. The molecule has 3 aromatic carbocycles. The number of likely N-dealkylation sites (tertiary alicyclic amines) is 1. The van der Waals surface area contributed by atoms with Crippen LogP contribution in [0.1, 0.15) is 35.6 Å². The van der Waals surface area contributed by atoms with Crippen molar-refractivity contribution < 1.29 is 19.1 Å². The number of carbonyl (C=O) groups is 2. The molecule has 7 nitrogen and oxygen atoms in total. The number of hydrogen-bond acceptors (Lipinski definition) is 5. The average Bonchev–Trinajstić information content (AvgIpc) is 3.59. The molecule has 0 radical (unpaired) electrons. The first-order chi connectivity index (χ1) is 17.2. The number of benzene rings is 3. The maximum absolute atomic E-state index is 13.2. The molecule has 5 rings (SSSR count). The van der Waals surface area contributed by atoms with E-state index in [1.54, 1.807) is 0 Å². The van der Waals surface area contributed by atoms with Crippen LogP contribution in [0.3, 0.4) is 0 Å². The Morgan fingerprint density at radius 3 is 2.49 bits per heavy atom. The number of para-hydroxylation sites is 1. The fourth-order valence-electron chi connectivity index (χ4n) is 4.42. The molecule has 2 atom stereocenters. The van der Waals surface area contributed by atoms with E-state index >= 15 is 0 Å². The molecular weight excluding hydrogens is 442 g/mol. The molecule has 0 bridgehead atoms. The van der Waals surface area contributed by atoms with E-state index in [1.807, 2.05) is 84.9 Å². The van der Waals surface area contributed by atoms with E-state index in [2.05, 4.69) is 5.32 Å². The van der Waals surface area contributed by atoms with E-state index in [1.165, 1.54) is 4.90 Å². The molecule has 178 valence electrons. The highest BCUT2D eigenvalue weighted by Gasteiger charge is 2.35. The molecule has 1 N–H and O–H groups in total. The minimum absolute atomic E-state index is 0.0836. The summed E-state index contributed by atoms with van der Waals surface area (Å²) in [6.45, 7) is 1.11. The number of carbonyl (C=O) groups excluding carboxylic acids is 2. The van der Waals surface area contributed by atoms with Crippen molar-refractivity contribution in [2.45, 2.75) is 31.5 Å². The standard InChI is InChI=1S/C28H27N3O4/c32-26(25-16-9-17-31(25)28(33)35-18-20-10-3-1-4-11-20)29-23-15-8-7-14-22(23)27-30-24(19-34-27)21-12-5-2-6-13-21/h1-8,10-15,24-25H,9,16-19H2,(H,29,32)/t24-,25-/m1/s1. The molecule has 35 heavy (non-hydrogen) atoms. The van der Waals surface area contributed by atoms with Gasteiger partial charge in [0.2, 0.25) is 11.8 Å². The van der Waals surface area contributed by atoms with Gasteiger partial charge in [-0.2, -0.15) is 0 Å². The Hall–Kier alpha value is -4.13. The third-order valence-electron chi connectivity index (χ3n) is 6.25. The van der Waals surface area contributed by atoms with Crippen LogP contribution in [0, 0.1) is 0 Å². The van der Waals surface area contributed by atoms with Gasteiger partial charge in [0.15, 0.2) is 0 Å². The molecule has 2 aliphatic rings. The predicted molar refractivity (Wildman–Crippen MR) is 133 cm³/mol. The highest BCUT2D eigenvalue weighted by molar-refractivity contribution is 6.05. The van der Waals surface area contributed by atoms with Crippen LogP contribution in [-0.2, 0) is 20.9 Å². The zero-order valence-corrected chi connectivity index (χ0v) is 19.3. The molecule has 0 aromatic heterocycles. The quantitative estimate of drug-likeness (QED) is 0.554. The van der Waals surface area contributed by atoms with Gasteiger partial charge in [0.05, 0.1) is 11.3 Å². The van der Waals surface area contributed by atoms with Gasteiger partial charge < -0.3 is 14.8 Å². The topological polar surface area (TPSA) is 80.2 Å². The lowest BCUT2D eigenvalue weighted by Gasteiger charge is -2.23. The molecule has 0 unspecified atom stereocenters. The lowest BCUT2D eigenvalue weighted by molar-refractivity contribution is -0.120. The number of rotatable bonds is 6. The first-order valence-corrected chi connectivity index (χ1v) is 11.8. The molecule has 3 aromatic rings. The lowest BCUT2D eigenvalue weighted by atomic mass is 10.1. The highest BCUT2D eigenvalue weighted by atomic mass is 16.6. The number of hydrogen-bond donors (Lipinski definition) is 1. The van der Waals surface area contributed by atoms with Crippen molar-refractivity contribution in [3.05, 3.63) is 102 Å². The van der Waals surface area contributed by atoms with Gasteiger partial charge in [0, 0.05) is 6.54 Å². The number of nitrogens with zero attached hydrogens (tertiary/aromatic N) is 2. The SMILES string of the molecule is O=C(Nc1ccccc1C1=N[C@@H](c2ccccc2)CO1)[C@H]1CCCN1C(=O)OCc1ccccc1. The van der Waals surface area contributed by atoms with Crippen molar-refractivity contribution in [1.82, 2.24) is 4.90 Å². The summed E-state index contributed by atoms with van der Waals surface area (Å²) in [5.41, 5.74) is 3.31. The van der Waals surface area contributed by atoms with Crippen molar-refractivity contribution in [3.8, 4) is 0 Å². The van der Waals surface area contributed by atoms with Gasteiger partial charge >= 0.3 is 6.09 Å². The van der Waals surface area contributed by atoms with Crippen molar-refractivity contribution in [3.63, 3.8) is 0 Å². The van der Waals surface area contributed by atoms with E-state index in [9.17, 15) is 9.59 Å². The molecule has 2 heterocycles. The zero-order valence-electron chi connectivity index (χ0n) is 19.3. The van der Waals surface area contributed by atoms with E-state index in [0.29, 0.717) is 31.2 Å². The van der Waals surface area contributed by atoms with E-state index in [-0.39, 0.29) is 18.6 Å². The van der Waals surface area contributed by atoms with Gasteiger partial charge in [0.25, 0.3) is 0 Å². The smallest absolute Gasteiger partial charge is 0.410 e. The number of anilines is 1. The largest absolute Gasteiger partial charge is 0.475 e. The Morgan fingerprint density at radius 1 is 0.971 bits per heavy atom. The second-order valence-electron chi connectivity index (χ2n) is 8.60. The summed E-state index contributed by atoms with van der Waals surface area (Å²) in [5.74, 6) is 0.255. The van der Waals surface area contributed by atoms with Crippen LogP contribution in [0.4, 0.5) is 10.5 Å². The molecule has 0 saturated carbocycles. The number of ether oxygens (including phenoxy) is 2. The van der Waals surface area contributed by atoms with Gasteiger partial charge in [-0.1, -0.05) is 72.8 Å².